The van der Waals surface area contributed by atoms with Crippen molar-refractivity contribution in [2.75, 3.05) is 6.54 Å². The van der Waals surface area contributed by atoms with E-state index in [1.54, 1.807) is 6.08 Å². The van der Waals surface area contributed by atoms with Crippen LogP contribution in [0.4, 0.5) is 4.79 Å². The van der Waals surface area contributed by atoms with Gasteiger partial charge >= 0.3 is 6.03 Å². The maximum Gasteiger partial charge on any atom is 0.325 e. The Balaban J connectivity index is 4.00. The van der Waals surface area contributed by atoms with Crippen LogP contribution in [0.1, 0.15) is 0 Å². The maximum absolute atomic E-state index is 11.0. The zero-order chi connectivity index (χ0) is 8.69. The highest BCUT2D eigenvalue weighted by atomic mass is 16.2. The van der Waals surface area contributed by atoms with Crippen molar-refractivity contribution < 1.29 is 4.79 Å². The second-order valence-electron chi connectivity index (χ2n) is 1.78. The van der Waals surface area contributed by atoms with E-state index in [-0.39, 0.29) is 6.03 Å². The van der Waals surface area contributed by atoms with E-state index < -0.39 is 0 Å². The van der Waals surface area contributed by atoms with Crippen LogP contribution in [-0.4, -0.2) is 17.5 Å². The normalized spacial score (nSPS) is 8.00. The van der Waals surface area contributed by atoms with Gasteiger partial charge in [-0.3, -0.25) is 4.90 Å². The Morgan fingerprint density at radius 3 is 2.45 bits per heavy atom. The average Bonchev–Trinajstić information content (AvgIpc) is 2.00. The molecule has 0 bridgehead atoms. The van der Waals surface area contributed by atoms with E-state index in [0.717, 1.165) is 0 Å². The smallest absolute Gasteiger partial charge is 0.315 e. The third kappa shape index (κ3) is 3.25. The standard InChI is InChI=1S/C8H12N2O/c1-4-7-10(6-3)8(11)9-5-2/h4-6H,1-3,7H2,(H,9,11). The molecule has 0 saturated carbocycles. The van der Waals surface area contributed by atoms with Crippen LogP contribution in [0.3, 0.4) is 0 Å². The van der Waals surface area contributed by atoms with Crippen LogP contribution in [0.2, 0.25) is 0 Å². The van der Waals surface area contributed by atoms with E-state index in [2.05, 4.69) is 25.1 Å². The predicted molar refractivity (Wildman–Crippen MR) is 45.8 cm³/mol. The number of hydrogen-bond acceptors (Lipinski definition) is 1. The van der Waals surface area contributed by atoms with Crippen molar-refractivity contribution in [1.82, 2.24) is 10.2 Å². The quantitative estimate of drug-likeness (QED) is 0.608. The first-order chi connectivity index (χ1) is 5.26. The van der Waals surface area contributed by atoms with Gasteiger partial charge in [0, 0.05) is 12.7 Å². The molecule has 60 valence electrons. The molecule has 0 fully saturated rings. The molecule has 0 saturated heterocycles. The van der Waals surface area contributed by atoms with Gasteiger partial charge in [-0.15, -0.1) is 6.58 Å². The zero-order valence-corrected chi connectivity index (χ0v) is 6.42. The van der Waals surface area contributed by atoms with Crippen LogP contribution in [0.5, 0.6) is 0 Å². The summed E-state index contributed by atoms with van der Waals surface area (Å²) in [6.07, 6.45) is 4.37. The second kappa shape index (κ2) is 5.29. The lowest BCUT2D eigenvalue weighted by Crippen LogP contribution is -2.33. The highest BCUT2D eigenvalue weighted by Crippen LogP contribution is 1.89. The van der Waals surface area contributed by atoms with Gasteiger partial charge in [-0.2, -0.15) is 0 Å². The maximum atomic E-state index is 11.0. The van der Waals surface area contributed by atoms with E-state index in [1.807, 2.05) is 0 Å². The van der Waals surface area contributed by atoms with E-state index in [4.69, 9.17) is 0 Å². The van der Waals surface area contributed by atoms with Crippen molar-refractivity contribution in [2.45, 2.75) is 0 Å². The van der Waals surface area contributed by atoms with Crippen LogP contribution < -0.4 is 5.32 Å². The monoisotopic (exact) mass is 152 g/mol. The largest absolute Gasteiger partial charge is 0.325 e. The lowest BCUT2D eigenvalue weighted by molar-refractivity contribution is 0.222. The van der Waals surface area contributed by atoms with E-state index in [9.17, 15) is 4.79 Å². The fourth-order valence-electron chi connectivity index (χ4n) is 0.550. The molecule has 0 heterocycles. The molecule has 0 radical (unpaired) electrons. The van der Waals surface area contributed by atoms with Crippen LogP contribution in [-0.2, 0) is 0 Å². The number of amides is 2. The molecule has 0 rings (SSSR count). The summed E-state index contributed by atoms with van der Waals surface area (Å²) in [7, 11) is 0. The molecule has 3 nitrogen and oxygen atoms in total. The number of urea groups is 1. The molecule has 0 aliphatic rings. The Morgan fingerprint density at radius 2 is 2.09 bits per heavy atom. The Morgan fingerprint density at radius 1 is 1.45 bits per heavy atom. The van der Waals surface area contributed by atoms with Crippen molar-refractivity contribution in [3.05, 3.63) is 38.2 Å². The third-order valence-corrected chi connectivity index (χ3v) is 1.03. The first-order valence-electron chi connectivity index (χ1n) is 3.17. The molecular formula is C8H12N2O. The summed E-state index contributed by atoms with van der Waals surface area (Å²) in [5, 5.41) is 2.41. The van der Waals surface area contributed by atoms with Crippen LogP contribution in [0.25, 0.3) is 0 Å². The number of rotatable bonds is 4. The van der Waals surface area contributed by atoms with Crippen LogP contribution >= 0.6 is 0 Å². The molecule has 0 spiro atoms. The highest BCUT2D eigenvalue weighted by Gasteiger charge is 2.03. The van der Waals surface area contributed by atoms with Crippen molar-refractivity contribution >= 4 is 6.03 Å². The van der Waals surface area contributed by atoms with Crippen molar-refractivity contribution in [2.24, 2.45) is 0 Å². The van der Waals surface area contributed by atoms with Crippen LogP contribution in [0, 0.1) is 0 Å². The lowest BCUT2D eigenvalue weighted by Gasteiger charge is -2.14. The Hall–Kier alpha value is -1.51. The highest BCUT2D eigenvalue weighted by molar-refractivity contribution is 5.76. The first kappa shape index (κ1) is 9.49. The Kier molecular flexibility index (Phi) is 4.56. The van der Waals surface area contributed by atoms with E-state index in [0.29, 0.717) is 6.54 Å². The number of nitrogens with zero attached hydrogens (tertiary/aromatic N) is 1. The molecule has 2 amide bonds. The van der Waals surface area contributed by atoms with E-state index >= 15 is 0 Å². The number of carbonyl (C=O) groups is 1. The lowest BCUT2D eigenvalue weighted by atomic mass is 10.5. The minimum absolute atomic E-state index is 0.255. The number of hydrogen-bond donors (Lipinski definition) is 1. The average molecular weight is 152 g/mol. The summed E-state index contributed by atoms with van der Waals surface area (Å²) >= 11 is 0. The molecular weight excluding hydrogens is 140 g/mol. The molecule has 11 heavy (non-hydrogen) atoms. The van der Waals surface area contributed by atoms with Crippen molar-refractivity contribution in [3.63, 3.8) is 0 Å². The molecule has 0 aromatic heterocycles. The fraction of sp³-hybridized carbons (Fsp3) is 0.125. The Labute approximate surface area is 66.7 Å². The Bertz CT molecular complexity index is 175. The van der Waals surface area contributed by atoms with Gasteiger partial charge in [0.05, 0.1) is 0 Å². The number of carbonyl (C=O) groups excluding carboxylic acids is 1. The summed E-state index contributed by atoms with van der Waals surface area (Å²) < 4.78 is 0. The molecule has 0 atom stereocenters. The predicted octanol–water partition coefficient (Wildman–Crippen LogP) is 1.47. The van der Waals surface area contributed by atoms with E-state index in [1.165, 1.54) is 17.3 Å². The molecule has 1 N–H and O–H groups in total. The minimum Gasteiger partial charge on any atom is -0.315 e. The topological polar surface area (TPSA) is 32.3 Å². The molecule has 3 heteroatoms. The molecule has 0 aliphatic heterocycles. The summed E-state index contributed by atoms with van der Waals surface area (Å²) in [4.78, 5) is 12.4. The summed E-state index contributed by atoms with van der Waals surface area (Å²) in [6, 6.07) is -0.255. The molecule has 0 aliphatic carbocycles. The summed E-state index contributed by atoms with van der Waals surface area (Å²) in [6.45, 7) is 10.8. The minimum atomic E-state index is -0.255. The third-order valence-electron chi connectivity index (χ3n) is 1.03. The van der Waals surface area contributed by atoms with Gasteiger partial charge in [-0.05, 0) is 6.20 Å². The zero-order valence-electron chi connectivity index (χ0n) is 6.42. The van der Waals surface area contributed by atoms with Crippen LogP contribution in [0.15, 0.2) is 38.2 Å². The van der Waals surface area contributed by atoms with Gasteiger partial charge in [-0.25, -0.2) is 4.79 Å². The molecule has 0 unspecified atom stereocenters. The van der Waals surface area contributed by atoms with Gasteiger partial charge in [0.15, 0.2) is 0 Å². The summed E-state index contributed by atoms with van der Waals surface area (Å²) in [5.74, 6) is 0. The fourth-order valence-corrected chi connectivity index (χ4v) is 0.550. The van der Waals surface area contributed by atoms with Crippen molar-refractivity contribution in [3.8, 4) is 0 Å². The SMILES string of the molecule is C=CCN(C=C)C(=O)NC=C. The van der Waals surface area contributed by atoms with Gasteiger partial charge in [0.1, 0.15) is 0 Å². The molecule has 0 aromatic carbocycles. The van der Waals surface area contributed by atoms with Crippen molar-refractivity contribution in [1.29, 1.82) is 0 Å². The van der Waals surface area contributed by atoms with Gasteiger partial charge < -0.3 is 5.32 Å². The second-order valence-corrected chi connectivity index (χ2v) is 1.78. The van der Waals surface area contributed by atoms with Gasteiger partial charge in [-0.1, -0.05) is 19.2 Å². The van der Waals surface area contributed by atoms with Gasteiger partial charge in [0.2, 0.25) is 0 Å². The summed E-state index contributed by atoms with van der Waals surface area (Å²) in [5.41, 5.74) is 0. The first-order valence-corrected chi connectivity index (χ1v) is 3.17. The molecule has 0 aromatic rings. The van der Waals surface area contributed by atoms with Gasteiger partial charge in [0.25, 0.3) is 0 Å². The number of nitrogens with one attached hydrogen (secondary N) is 1.